The molecule has 0 radical (unpaired) electrons. The lowest BCUT2D eigenvalue weighted by atomic mass is 9.70. The second-order valence-electron chi connectivity index (χ2n) is 10.8. The standard InChI is InChI=1S/C32H30FN5O4S/c1-2-24(39)38-14-6-7-17(16-38)37-31(41)29-26-25-21(12-13-23(34)28(25)43-29)32(36,30(40)27(26)35)20-11-10-19(15-22(20)33)42-18-8-4-3-5-9-18/h2-5,8-13,15,17,27H,1,6-7,14,16,34-36H2,(H,37,41). The highest BCUT2D eigenvalue weighted by atomic mass is 32.1. The third-order valence-electron chi connectivity index (χ3n) is 8.11. The molecule has 1 saturated heterocycles. The summed E-state index contributed by atoms with van der Waals surface area (Å²) < 4.78 is 22.0. The third kappa shape index (κ3) is 4.75. The number of rotatable bonds is 6. The summed E-state index contributed by atoms with van der Waals surface area (Å²) in [5.74, 6) is -1.27. The van der Waals surface area contributed by atoms with Crippen molar-refractivity contribution in [2.45, 2.75) is 30.5 Å². The normalized spacial score (nSPS) is 21.5. The van der Waals surface area contributed by atoms with Crippen molar-refractivity contribution in [1.29, 1.82) is 0 Å². The van der Waals surface area contributed by atoms with Crippen molar-refractivity contribution in [2.75, 3.05) is 18.8 Å². The maximum absolute atomic E-state index is 15.8. The number of carbonyl (C=O) groups is 3. The van der Waals surface area contributed by atoms with E-state index in [-0.39, 0.29) is 28.1 Å². The van der Waals surface area contributed by atoms with Gasteiger partial charge in [-0.1, -0.05) is 30.8 Å². The van der Waals surface area contributed by atoms with E-state index >= 15 is 4.39 Å². The van der Waals surface area contributed by atoms with Gasteiger partial charge >= 0.3 is 0 Å². The Morgan fingerprint density at radius 3 is 2.58 bits per heavy atom. The second-order valence-corrected chi connectivity index (χ2v) is 11.8. The molecular formula is C32H30FN5O4S. The quantitative estimate of drug-likeness (QED) is 0.192. The number of nitrogens with two attached hydrogens (primary N) is 3. The summed E-state index contributed by atoms with van der Waals surface area (Å²) in [5.41, 5.74) is 18.7. The van der Waals surface area contributed by atoms with Crippen LogP contribution in [-0.2, 0) is 15.1 Å². The van der Waals surface area contributed by atoms with Crippen LogP contribution in [0.1, 0.15) is 45.2 Å². The predicted molar refractivity (Wildman–Crippen MR) is 163 cm³/mol. The van der Waals surface area contributed by atoms with Gasteiger partial charge < -0.3 is 32.2 Å². The van der Waals surface area contributed by atoms with Crippen LogP contribution in [0, 0.1) is 5.82 Å². The summed E-state index contributed by atoms with van der Waals surface area (Å²) in [6.07, 6.45) is 2.65. The average molecular weight is 600 g/mol. The summed E-state index contributed by atoms with van der Waals surface area (Å²) in [4.78, 5) is 41.7. The molecule has 2 aliphatic rings. The molecule has 3 unspecified atom stereocenters. The topological polar surface area (TPSA) is 154 Å². The molecule has 3 aromatic carbocycles. The Morgan fingerprint density at radius 2 is 1.86 bits per heavy atom. The van der Waals surface area contributed by atoms with Crippen molar-refractivity contribution < 1.29 is 23.5 Å². The molecule has 3 atom stereocenters. The van der Waals surface area contributed by atoms with Crippen LogP contribution in [0.4, 0.5) is 10.1 Å². The SMILES string of the molecule is C=CC(=O)N1CCCC(NC(=O)c2sc3c(N)ccc4c3c2C(N)C(=O)C4(N)c2ccc(Oc3ccccc3)cc2F)C1. The molecule has 1 aromatic heterocycles. The summed E-state index contributed by atoms with van der Waals surface area (Å²) in [6.45, 7) is 4.46. The summed E-state index contributed by atoms with van der Waals surface area (Å²) in [7, 11) is 0. The van der Waals surface area contributed by atoms with Crippen molar-refractivity contribution in [3.8, 4) is 11.5 Å². The zero-order chi connectivity index (χ0) is 30.5. The van der Waals surface area contributed by atoms with E-state index in [1.807, 2.05) is 6.07 Å². The fourth-order valence-electron chi connectivity index (χ4n) is 6.01. The minimum atomic E-state index is -1.95. The van der Waals surface area contributed by atoms with Gasteiger partial charge in [0, 0.05) is 47.4 Å². The van der Waals surface area contributed by atoms with Gasteiger partial charge in [0.05, 0.1) is 15.6 Å². The number of hydrogen-bond acceptors (Lipinski definition) is 8. The number of ether oxygens (including phenoxy) is 1. The van der Waals surface area contributed by atoms with Gasteiger partial charge in [0.25, 0.3) is 5.91 Å². The Morgan fingerprint density at radius 1 is 1.12 bits per heavy atom. The van der Waals surface area contributed by atoms with Crippen LogP contribution in [0.15, 0.2) is 73.3 Å². The fraction of sp³-hybridized carbons (Fsp3) is 0.219. The molecule has 0 saturated carbocycles. The van der Waals surface area contributed by atoms with Crippen molar-refractivity contribution in [2.24, 2.45) is 11.5 Å². The van der Waals surface area contributed by atoms with Gasteiger partial charge in [-0.05, 0) is 54.8 Å². The molecule has 1 aliphatic carbocycles. The number of ketones is 1. The molecule has 11 heteroatoms. The van der Waals surface area contributed by atoms with Crippen LogP contribution in [0.3, 0.4) is 0 Å². The molecule has 2 heterocycles. The first-order chi connectivity index (χ1) is 20.6. The zero-order valence-electron chi connectivity index (χ0n) is 23.1. The lowest BCUT2D eigenvalue weighted by Gasteiger charge is -2.37. The molecule has 2 amide bonds. The molecule has 1 aliphatic heterocycles. The molecule has 0 spiro atoms. The van der Waals surface area contributed by atoms with Crippen LogP contribution in [-0.4, -0.2) is 41.6 Å². The molecule has 4 aromatic rings. The molecule has 43 heavy (non-hydrogen) atoms. The predicted octanol–water partition coefficient (Wildman–Crippen LogP) is 4.11. The first kappa shape index (κ1) is 28.5. The molecular weight excluding hydrogens is 569 g/mol. The highest BCUT2D eigenvalue weighted by Crippen LogP contribution is 2.50. The lowest BCUT2D eigenvalue weighted by Crippen LogP contribution is -2.53. The van der Waals surface area contributed by atoms with E-state index in [0.717, 1.165) is 17.8 Å². The number of piperidine rings is 1. The third-order valence-corrected chi connectivity index (χ3v) is 9.36. The molecule has 220 valence electrons. The van der Waals surface area contributed by atoms with Crippen LogP contribution in [0.2, 0.25) is 0 Å². The first-order valence-electron chi connectivity index (χ1n) is 13.8. The lowest BCUT2D eigenvalue weighted by molar-refractivity contribution is -0.127. The Balaban J connectivity index is 1.39. The molecule has 7 N–H and O–H groups in total. The number of anilines is 1. The molecule has 0 bridgehead atoms. The summed E-state index contributed by atoms with van der Waals surface area (Å²) >= 11 is 1.11. The number of Topliss-reactive ketones (excluding diaryl/α,β-unsaturated/α-hetero) is 1. The fourth-order valence-corrected chi connectivity index (χ4v) is 7.21. The number of hydrogen-bond donors (Lipinski definition) is 4. The van der Waals surface area contributed by atoms with E-state index in [2.05, 4.69) is 11.9 Å². The molecule has 9 nitrogen and oxygen atoms in total. The number of likely N-dealkylation sites (tertiary alicyclic amines) is 1. The van der Waals surface area contributed by atoms with Crippen molar-refractivity contribution in [3.63, 3.8) is 0 Å². The van der Waals surface area contributed by atoms with Crippen LogP contribution in [0.5, 0.6) is 11.5 Å². The minimum Gasteiger partial charge on any atom is -0.457 e. The van der Waals surface area contributed by atoms with Gasteiger partial charge in [-0.25, -0.2) is 4.39 Å². The van der Waals surface area contributed by atoms with E-state index in [0.29, 0.717) is 52.2 Å². The van der Waals surface area contributed by atoms with Gasteiger partial charge in [0.15, 0.2) is 5.78 Å². The second kappa shape index (κ2) is 10.9. The number of para-hydroxylation sites is 1. The zero-order valence-corrected chi connectivity index (χ0v) is 24.0. The van der Waals surface area contributed by atoms with Gasteiger partial charge in [-0.2, -0.15) is 0 Å². The van der Waals surface area contributed by atoms with E-state index in [1.165, 1.54) is 18.2 Å². The number of benzene rings is 3. The van der Waals surface area contributed by atoms with Gasteiger partial charge in [0.2, 0.25) is 5.91 Å². The first-order valence-corrected chi connectivity index (χ1v) is 14.6. The highest BCUT2D eigenvalue weighted by molar-refractivity contribution is 7.21. The highest BCUT2D eigenvalue weighted by Gasteiger charge is 2.50. The number of halogens is 1. The van der Waals surface area contributed by atoms with Crippen molar-refractivity contribution in [1.82, 2.24) is 10.2 Å². The van der Waals surface area contributed by atoms with Crippen LogP contribution >= 0.6 is 11.3 Å². The van der Waals surface area contributed by atoms with Gasteiger partial charge in [-0.3, -0.25) is 14.4 Å². The van der Waals surface area contributed by atoms with E-state index in [9.17, 15) is 14.4 Å². The largest absolute Gasteiger partial charge is 0.457 e. The maximum Gasteiger partial charge on any atom is 0.262 e. The number of thiophene rings is 1. The van der Waals surface area contributed by atoms with E-state index < -0.39 is 29.1 Å². The monoisotopic (exact) mass is 599 g/mol. The van der Waals surface area contributed by atoms with E-state index in [1.54, 1.807) is 47.4 Å². The van der Waals surface area contributed by atoms with Gasteiger partial charge in [-0.15, -0.1) is 11.3 Å². The van der Waals surface area contributed by atoms with Crippen LogP contribution < -0.4 is 27.3 Å². The number of nitrogen functional groups attached to an aromatic ring is 1. The Labute approximate surface area is 251 Å². The minimum absolute atomic E-state index is 0.0727. The summed E-state index contributed by atoms with van der Waals surface area (Å²) in [5, 5.41) is 3.47. The Bertz CT molecular complexity index is 1790. The summed E-state index contributed by atoms with van der Waals surface area (Å²) in [6, 6.07) is 14.6. The number of nitrogens with zero attached hydrogens (tertiary/aromatic N) is 1. The number of amides is 2. The van der Waals surface area contributed by atoms with Gasteiger partial charge in [0.1, 0.15) is 22.9 Å². The van der Waals surface area contributed by atoms with Crippen molar-refractivity contribution in [3.05, 3.63) is 101 Å². The van der Waals surface area contributed by atoms with Crippen LogP contribution in [0.25, 0.3) is 10.1 Å². The van der Waals surface area contributed by atoms with Crippen molar-refractivity contribution >= 4 is 44.7 Å². The molecule has 1 fully saturated rings. The van der Waals surface area contributed by atoms with E-state index in [4.69, 9.17) is 21.9 Å². The maximum atomic E-state index is 15.8. The average Bonchev–Trinajstić information content (AvgIpc) is 3.42. The molecule has 6 rings (SSSR count). The smallest absolute Gasteiger partial charge is 0.262 e. The number of nitrogens with one attached hydrogen (secondary N) is 1. The Kier molecular flexibility index (Phi) is 7.25. The number of carbonyl (C=O) groups excluding carboxylic acids is 3. The Hall–Kier alpha value is -4.58.